The number of nitrogens with one attached hydrogen (secondary N) is 1. The van der Waals surface area contributed by atoms with Gasteiger partial charge in [0.25, 0.3) is 5.56 Å². The molecule has 2 aromatic carbocycles. The van der Waals surface area contributed by atoms with Crippen LogP contribution in [0.4, 0.5) is 0 Å². The minimum atomic E-state index is 0.0157. The van der Waals surface area contributed by atoms with Crippen molar-refractivity contribution in [1.82, 2.24) is 9.88 Å². The van der Waals surface area contributed by atoms with Gasteiger partial charge in [0.1, 0.15) is 0 Å². The maximum absolute atomic E-state index is 12.4. The van der Waals surface area contributed by atoms with Crippen LogP contribution in [0.15, 0.2) is 65.6 Å². The predicted octanol–water partition coefficient (Wildman–Crippen LogP) is 4.62. The number of likely N-dealkylation sites (tertiary alicyclic amines) is 1. The Morgan fingerprint density at radius 3 is 2.61 bits per heavy atom. The third-order valence-electron chi connectivity index (χ3n) is 6.49. The molecule has 5 rings (SSSR count). The molecule has 0 aliphatic carbocycles. The first-order valence-corrected chi connectivity index (χ1v) is 11.1. The second-order valence-corrected chi connectivity index (χ2v) is 8.52. The van der Waals surface area contributed by atoms with Crippen molar-refractivity contribution in [1.29, 1.82) is 0 Å². The Balaban J connectivity index is 1.16. The third-order valence-corrected chi connectivity index (χ3v) is 6.49. The highest BCUT2D eigenvalue weighted by molar-refractivity contribution is 5.62. The van der Waals surface area contributed by atoms with Gasteiger partial charge in [-0.25, -0.2) is 0 Å². The number of hydrogen-bond donors (Lipinski definition) is 1. The summed E-state index contributed by atoms with van der Waals surface area (Å²) in [6.45, 7) is 3.10. The first-order chi connectivity index (χ1) is 15.3. The number of aromatic nitrogens is 1. The number of nitrogens with zero attached hydrogens (tertiary/aromatic N) is 1. The Labute approximate surface area is 182 Å². The highest BCUT2D eigenvalue weighted by Gasteiger charge is 2.22. The largest absolute Gasteiger partial charge is 0.454 e. The van der Waals surface area contributed by atoms with E-state index in [9.17, 15) is 4.79 Å². The van der Waals surface area contributed by atoms with Crippen LogP contribution in [0.2, 0.25) is 0 Å². The van der Waals surface area contributed by atoms with Gasteiger partial charge in [0, 0.05) is 18.3 Å². The summed E-state index contributed by atoms with van der Waals surface area (Å²) in [5.74, 6) is 2.51. The van der Waals surface area contributed by atoms with E-state index in [1.165, 1.54) is 18.4 Å². The van der Waals surface area contributed by atoms with Crippen molar-refractivity contribution in [2.45, 2.75) is 32.2 Å². The molecule has 1 saturated heterocycles. The Kier molecular flexibility index (Phi) is 5.76. The molecule has 0 bridgehead atoms. The average Bonchev–Trinajstić information content (AvgIpc) is 3.30. The highest BCUT2D eigenvalue weighted by Crippen LogP contribution is 2.37. The molecule has 31 heavy (non-hydrogen) atoms. The van der Waals surface area contributed by atoms with Crippen LogP contribution in [-0.2, 0) is 13.0 Å². The first kappa shape index (κ1) is 19.9. The number of piperidine rings is 1. The van der Waals surface area contributed by atoms with Crippen LogP contribution in [0.5, 0.6) is 11.5 Å². The summed E-state index contributed by atoms with van der Waals surface area (Å²) in [6.07, 6.45) is 6.33. The first-order valence-electron chi connectivity index (χ1n) is 11.1. The van der Waals surface area contributed by atoms with Gasteiger partial charge in [-0.05, 0) is 73.5 Å². The zero-order valence-electron chi connectivity index (χ0n) is 17.7. The van der Waals surface area contributed by atoms with Gasteiger partial charge in [-0.1, -0.05) is 42.5 Å². The van der Waals surface area contributed by atoms with Crippen molar-refractivity contribution in [3.63, 3.8) is 0 Å². The van der Waals surface area contributed by atoms with Gasteiger partial charge in [-0.2, -0.15) is 0 Å². The van der Waals surface area contributed by atoms with Crippen LogP contribution in [0.3, 0.4) is 0 Å². The Morgan fingerprint density at radius 1 is 0.935 bits per heavy atom. The van der Waals surface area contributed by atoms with E-state index in [2.05, 4.69) is 28.1 Å². The number of hydrogen-bond acceptors (Lipinski definition) is 4. The lowest BCUT2D eigenvalue weighted by atomic mass is 9.90. The van der Waals surface area contributed by atoms with E-state index < -0.39 is 0 Å². The Bertz CT molecular complexity index is 1090. The van der Waals surface area contributed by atoms with Crippen molar-refractivity contribution in [3.8, 4) is 22.6 Å². The van der Waals surface area contributed by atoms with E-state index in [0.29, 0.717) is 19.3 Å². The Morgan fingerprint density at radius 2 is 1.77 bits per heavy atom. The number of H-pyrrole nitrogens is 1. The quantitative estimate of drug-likeness (QED) is 0.637. The van der Waals surface area contributed by atoms with Gasteiger partial charge in [-0.3, -0.25) is 9.69 Å². The molecule has 0 atom stereocenters. The molecule has 1 fully saturated rings. The lowest BCUT2D eigenvalue weighted by Crippen LogP contribution is -2.35. The summed E-state index contributed by atoms with van der Waals surface area (Å²) < 4.78 is 11.1. The molecule has 2 aliphatic rings. The number of rotatable bonds is 6. The van der Waals surface area contributed by atoms with E-state index in [4.69, 9.17) is 9.47 Å². The lowest BCUT2D eigenvalue weighted by molar-refractivity contribution is 0.169. The minimum absolute atomic E-state index is 0.0157. The van der Waals surface area contributed by atoms with Crippen LogP contribution < -0.4 is 15.0 Å². The third kappa shape index (κ3) is 4.52. The van der Waals surface area contributed by atoms with Crippen LogP contribution in [-0.4, -0.2) is 29.8 Å². The summed E-state index contributed by atoms with van der Waals surface area (Å²) in [4.78, 5) is 17.7. The lowest BCUT2D eigenvalue weighted by Gasteiger charge is -2.32. The van der Waals surface area contributed by atoms with Gasteiger partial charge in [-0.15, -0.1) is 0 Å². The van der Waals surface area contributed by atoms with E-state index in [0.717, 1.165) is 54.1 Å². The molecule has 5 heteroatoms. The molecule has 0 spiro atoms. The van der Waals surface area contributed by atoms with Gasteiger partial charge in [0.15, 0.2) is 11.5 Å². The molecule has 2 aliphatic heterocycles. The molecule has 3 aromatic rings. The summed E-state index contributed by atoms with van der Waals surface area (Å²) in [5, 5.41) is 0. The fraction of sp³-hybridized carbons (Fsp3) is 0.346. The molecular formula is C26H28N2O3. The number of benzene rings is 2. The van der Waals surface area contributed by atoms with Crippen LogP contribution in [0, 0.1) is 5.92 Å². The average molecular weight is 417 g/mol. The van der Waals surface area contributed by atoms with Gasteiger partial charge >= 0.3 is 0 Å². The van der Waals surface area contributed by atoms with Crippen molar-refractivity contribution in [2.24, 2.45) is 5.92 Å². The normalized spacial score (nSPS) is 16.5. The zero-order valence-corrected chi connectivity index (χ0v) is 17.7. The van der Waals surface area contributed by atoms with E-state index in [1.54, 1.807) is 0 Å². The molecule has 0 saturated carbocycles. The van der Waals surface area contributed by atoms with Crippen LogP contribution in [0.1, 0.15) is 30.4 Å². The highest BCUT2D eigenvalue weighted by atomic mass is 16.7. The topological polar surface area (TPSA) is 54.6 Å². The van der Waals surface area contributed by atoms with Gasteiger partial charge in [0.05, 0.1) is 0 Å². The number of pyridine rings is 1. The number of aromatic amines is 1. The molecule has 1 aromatic heterocycles. The maximum atomic E-state index is 12.4. The van der Waals surface area contributed by atoms with Gasteiger partial charge in [0.2, 0.25) is 6.79 Å². The summed E-state index contributed by atoms with van der Waals surface area (Å²) in [7, 11) is 0. The number of para-hydroxylation sites is 1. The smallest absolute Gasteiger partial charge is 0.252 e. The Hall–Kier alpha value is -3.05. The van der Waals surface area contributed by atoms with Crippen molar-refractivity contribution in [3.05, 3.63) is 82.3 Å². The fourth-order valence-electron chi connectivity index (χ4n) is 4.67. The summed E-state index contributed by atoms with van der Waals surface area (Å²) in [5.41, 5.74) is 4.30. The van der Waals surface area contributed by atoms with E-state index in [-0.39, 0.29) is 5.56 Å². The molecule has 160 valence electrons. The number of aryl methyl sites for hydroxylation is 1. The van der Waals surface area contributed by atoms with Crippen molar-refractivity contribution < 1.29 is 9.47 Å². The molecule has 1 N–H and O–H groups in total. The number of fused-ring (bicyclic) bond motifs is 1. The fourth-order valence-corrected chi connectivity index (χ4v) is 4.67. The molecule has 0 radical (unpaired) electrons. The van der Waals surface area contributed by atoms with Crippen LogP contribution >= 0.6 is 0 Å². The minimum Gasteiger partial charge on any atom is -0.454 e. The van der Waals surface area contributed by atoms with E-state index >= 15 is 0 Å². The SMILES string of the molecule is O=c1[nH]cc(-c2ccccc2)cc1CN1CCC(CCc2cccc3c2OCO3)CC1. The van der Waals surface area contributed by atoms with Gasteiger partial charge < -0.3 is 14.5 Å². The molecule has 3 heterocycles. The molecular weight excluding hydrogens is 388 g/mol. The number of ether oxygens (including phenoxy) is 2. The molecule has 0 amide bonds. The standard InChI is InChI=1S/C26H28N2O3/c29-26-23(15-22(16-27-26)20-5-2-1-3-6-20)17-28-13-11-19(12-14-28)9-10-21-7-4-8-24-25(21)31-18-30-24/h1-8,15-16,19H,9-14,17-18H2,(H,27,29). The zero-order chi connectivity index (χ0) is 21.0. The summed E-state index contributed by atoms with van der Waals surface area (Å²) >= 11 is 0. The molecule has 0 unspecified atom stereocenters. The van der Waals surface area contributed by atoms with Crippen molar-refractivity contribution >= 4 is 0 Å². The predicted molar refractivity (Wildman–Crippen MR) is 121 cm³/mol. The van der Waals surface area contributed by atoms with Crippen molar-refractivity contribution in [2.75, 3.05) is 19.9 Å². The second kappa shape index (κ2) is 8.98. The second-order valence-electron chi connectivity index (χ2n) is 8.52. The maximum Gasteiger partial charge on any atom is 0.252 e. The summed E-state index contributed by atoms with van der Waals surface area (Å²) in [6, 6.07) is 18.4. The molecule has 5 nitrogen and oxygen atoms in total. The monoisotopic (exact) mass is 416 g/mol. The van der Waals surface area contributed by atoms with Crippen LogP contribution in [0.25, 0.3) is 11.1 Å². The van der Waals surface area contributed by atoms with E-state index in [1.807, 2.05) is 42.6 Å².